The summed E-state index contributed by atoms with van der Waals surface area (Å²) >= 11 is 0. The van der Waals surface area contributed by atoms with E-state index in [-0.39, 0.29) is 17.3 Å². The number of aliphatic hydroxyl groups excluding tert-OH is 1. The maximum atomic E-state index is 13.1. The monoisotopic (exact) mass is 683 g/mol. The molecule has 0 aromatic heterocycles. The molecule has 1 N–H and O–H groups in total. The normalized spacial score (nSPS) is 45.8. The Bertz CT molecular complexity index is 1180. The predicted molar refractivity (Wildman–Crippen MR) is 196 cm³/mol. The first-order chi connectivity index (χ1) is 23.1. The summed E-state index contributed by atoms with van der Waals surface area (Å²) in [7, 11) is 0. The van der Waals surface area contributed by atoms with Crippen LogP contribution in [0.5, 0.6) is 0 Å². The van der Waals surface area contributed by atoms with Crippen LogP contribution in [0.2, 0.25) is 0 Å². The molecule has 6 aliphatic rings. The first-order valence-electron chi connectivity index (χ1n) is 21.1. The van der Waals surface area contributed by atoms with Gasteiger partial charge in [-0.2, -0.15) is 0 Å². The summed E-state index contributed by atoms with van der Waals surface area (Å²) in [6.45, 7) is 20.1. The van der Waals surface area contributed by atoms with Crippen molar-refractivity contribution < 1.29 is 24.2 Å². The van der Waals surface area contributed by atoms with Gasteiger partial charge in [-0.25, -0.2) is 4.79 Å². The molecule has 6 fully saturated rings. The second-order valence-corrected chi connectivity index (χ2v) is 20.6. The molecule has 13 unspecified atom stereocenters. The Balaban J connectivity index is 0.999. The average molecular weight is 683 g/mol. The van der Waals surface area contributed by atoms with E-state index in [4.69, 9.17) is 9.47 Å². The predicted octanol–water partition coefficient (Wildman–Crippen LogP) is 10.4. The van der Waals surface area contributed by atoms with E-state index in [9.17, 15) is 14.7 Å². The number of ether oxygens (including phenoxy) is 2. The third kappa shape index (κ3) is 7.16. The Hall–Kier alpha value is -1.10. The number of fused-ring (bicyclic) bond motifs is 6. The lowest BCUT2D eigenvalue weighted by atomic mass is 9.44. The molecule has 13 atom stereocenters. The highest BCUT2D eigenvalue weighted by atomic mass is 16.6. The molecule has 0 aromatic carbocycles. The van der Waals surface area contributed by atoms with Crippen molar-refractivity contribution in [2.24, 2.45) is 80.8 Å². The molecule has 0 amide bonds. The minimum Gasteiger partial charge on any atom is -0.465 e. The zero-order valence-electron chi connectivity index (χ0n) is 32.9. The van der Waals surface area contributed by atoms with Gasteiger partial charge in [-0.05, 0) is 160 Å². The van der Waals surface area contributed by atoms with E-state index in [1.54, 1.807) is 0 Å². The quantitative estimate of drug-likeness (QED) is 0.245. The van der Waals surface area contributed by atoms with Crippen LogP contribution in [0, 0.1) is 80.8 Å². The minimum atomic E-state index is -1.47. The first kappa shape index (κ1) is 37.7. The molecule has 6 aliphatic carbocycles. The Morgan fingerprint density at radius 2 is 1.08 bits per heavy atom. The standard InChI is InChI=1S/C44H74O5/c1-28(2)30-11-15-34-32(23-30)13-17-37-41(5,19-9-21-43(34,37)7)26-48-39(46)25-36(45)40(47)49-27-42(6)20-10-22-44(8)35-16-12-31(29(3)4)24-33(35)14-18-38(42)44/h28-38,45H,9-27H2,1-8H3. The van der Waals surface area contributed by atoms with Gasteiger partial charge in [0.25, 0.3) is 0 Å². The van der Waals surface area contributed by atoms with Crippen LogP contribution in [0.3, 0.4) is 0 Å². The van der Waals surface area contributed by atoms with Gasteiger partial charge in [-0.1, -0.05) is 68.2 Å². The van der Waals surface area contributed by atoms with Gasteiger partial charge in [0.15, 0.2) is 6.10 Å². The highest BCUT2D eigenvalue weighted by molar-refractivity contribution is 5.81. The summed E-state index contributed by atoms with van der Waals surface area (Å²) in [5.41, 5.74) is 0.470. The van der Waals surface area contributed by atoms with Crippen molar-refractivity contribution >= 4 is 11.9 Å². The highest BCUT2D eigenvalue weighted by Gasteiger charge is 2.59. The smallest absolute Gasteiger partial charge is 0.335 e. The van der Waals surface area contributed by atoms with Crippen molar-refractivity contribution in [2.75, 3.05) is 13.2 Å². The molecule has 5 heteroatoms. The topological polar surface area (TPSA) is 72.8 Å². The number of carbonyl (C=O) groups is 2. The van der Waals surface area contributed by atoms with Crippen molar-refractivity contribution in [1.82, 2.24) is 0 Å². The Morgan fingerprint density at radius 1 is 0.633 bits per heavy atom. The van der Waals surface area contributed by atoms with Crippen LogP contribution < -0.4 is 0 Å². The van der Waals surface area contributed by atoms with E-state index in [1.165, 1.54) is 89.9 Å². The van der Waals surface area contributed by atoms with Gasteiger partial charge in [0, 0.05) is 10.8 Å². The Labute approximate surface area is 300 Å². The second-order valence-electron chi connectivity index (χ2n) is 20.6. The maximum absolute atomic E-state index is 13.1. The lowest BCUT2D eigenvalue weighted by Gasteiger charge is -2.61. The Morgan fingerprint density at radius 3 is 1.53 bits per heavy atom. The Kier molecular flexibility index (Phi) is 11.0. The molecule has 6 rings (SSSR count). The molecule has 0 aliphatic heterocycles. The van der Waals surface area contributed by atoms with Crippen molar-refractivity contribution in [3.63, 3.8) is 0 Å². The molecule has 0 bridgehead atoms. The van der Waals surface area contributed by atoms with E-state index in [2.05, 4.69) is 55.4 Å². The average Bonchev–Trinajstić information content (AvgIpc) is 3.05. The maximum Gasteiger partial charge on any atom is 0.335 e. The number of carbonyl (C=O) groups excluding carboxylic acids is 2. The van der Waals surface area contributed by atoms with Crippen LogP contribution in [0.4, 0.5) is 0 Å². The SMILES string of the molecule is CC(C)C1CCC2C(CCC3C(C)(COC(=O)CC(O)C(=O)OCC4(C)CCCC5(C)C6CCC(C(C)C)CC6CCC45)CCCC23C)C1. The number of aliphatic hydroxyl groups is 1. The molecule has 6 saturated carbocycles. The van der Waals surface area contributed by atoms with Gasteiger partial charge in [0.05, 0.1) is 19.6 Å². The number of esters is 2. The molecule has 49 heavy (non-hydrogen) atoms. The van der Waals surface area contributed by atoms with Gasteiger partial charge in [0.1, 0.15) is 0 Å². The van der Waals surface area contributed by atoms with E-state index in [0.717, 1.165) is 60.2 Å². The zero-order chi connectivity index (χ0) is 35.4. The molecule has 0 heterocycles. The second kappa shape index (κ2) is 14.4. The minimum absolute atomic E-state index is 0.0523. The van der Waals surface area contributed by atoms with Crippen molar-refractivity contribution in [2.45, 2.75) is 171 Å². The molecular weight excluding hydrogens is 608 g/mol. The van der Waals surface area contributed by atoms with E-state index in [0.29, 0.717) is 35.9 Å². The lowest BCUT2D eigenvalue weighted by Crippen LogP contribution is -2.55. The fourth-order valence-electron chi connectivity index (χ4n) is 14.5. The van der Waals surface area contributed by atoms with Gasteiger partial charge in [0.2, 0.25) is 0 Å². The van der Waals surface area contributed by atoms with Gasteiger partial charge in [-0.15, -0.1) is 0 Å². The number of hydrogen-bond acceptors (Lipinski definition) is 5. The van der Waals surface area contributed by atoms with Crippen LogP contribution in [0.15, 0.2) is 0 Å². The third-order valence-corrected chi connectivity index (χ3v) is 17.2. The summed E-state index contributed by atoms with van der Waals surface area (Å²) in [5, 5.41) is 10.9. The molecular formula is C44H74O5. The van der Waals surface area contributed by atoms with E-state index in [1.807, 2.05) is 0 Å². The first-order valence-corrected chi connectivity index (χ1v) is 21.1. The molecule has 5 nitrogen and oxygen atoms in total. The summed E-state index contributed by atoms with van der Waals surface area (Å²) in [5.74, 6) is 6.47. The van der Waals surface area contributed by atoms with Crippen molar-refractivity contribution in [3.8, 4) is 0 Å². The molecule has 0 spiro atoms. The molecule has 0 aromatic rings. The zero-order valence-corrected chi connectivity index (χ0v) is 32.9. The van der Waals surface area contributed by atoms with Gasteiger partial charge >= 0.3 is 11.9 Å². The fourth-order valence-corrected chi connectivity index (χ4v) is 14.5. The fraction of sp³-hybridized carbons (Fsp3) is 0.955. The summed E-state index contributed by atoms with van der Waals surface area (Å²) in [6.07, 6.45) is 18.5. The van der Waals surface area contributed by atoms with Crippen molar-refractivity contribution in [1.29, 1.82) is 0 Å². The van der Waals surface area contributed by atoms with Gasteiger partial charge in [-0.3, -0.25) is 4.79 Å². The summed E-state index contributed by atoms with van der Waals surface area (Å²) in [6, 6.07) is 0. The third-order valence-electron chi connectivity index (χ3n) is 17.2. The largest absolute Gasteiger partial charge is 0.465 e. The highest BCUT2D eigenvalue weighted by Crippen LogP contribution is 2.66. The summed E-state index contributed by atoms with van der Waals surface area (Å²) < 4.78 is 11.8. The van der Waals surface area contributed by atoms with E-state index < -0.39 is 18.0 Å². The van der Waals surface area contributed by atoms with Crippen LogP contribution in [0.25, 0.3) is 0 Å². The van der Waals surface area contributed by atoms with Gasteiger partial charge < -0.3 is 14.6 Å². The molecule has 0 radical (unpaired) electrons. The van der Waals surface area contributed by atoms with Crippen LogP contribution in [-0.4, -0.2) is 36.4 Å². The van der Waals surface area contributed by atoms with Crippen molar-refractivity contribution in [3.05, 3.63) is 0 Å². The lowest BCUT2D eigenvalue weighted by molar-refractivity contribution is -0.176. The van der Waals surface area contributed by atoms with Crippen LogP contribution in [0.1, 0.15) is 165 Å². The number of hydrogen-bond donors (Lipinski definition) is 1. The summed E-state index contributed by atoms with van der Waals surface area (Å²) in [4.78, 5) is 26.3. The van der Waals surface area contributed by atoms with E-state index >= 15 is 0 Å². The number of rotatable bonds is 9. The molecule has 280 valence electrons. The molecule has 0 saturated heterocycles. The van der Waals surface area contributed by atoms with Crippen LogP contribution in [-0.2, 0) is 19.1 Å². The van der Waals surface area contributed by atoms with Crippen LogP contribution >= 0.6 is 0 Å².